The highest BCUT2D eigenvalue weighted by molar-refractivity contribution is 5.40. The molecule has 0 radical (unpaired) electrons. The standard InChI is InChI=1S/C11H17N3/c1-8-6-10(12)7-11(14-8)9-2-4-13-5-3-9/h6-7,9,13H,2-5H2,1H3,(H2,12,14). The number of nitrogens with zero attached hydrogens (tertiary/aromatic N) is 1. The molecule has 0 amide bonds. The fourth-order valence-electron chi connectivity index (χ4n) is 2.05. The second-order valence-corrected chi connectivity index (χ2v) is 3.99. The van der Waals surface area contributed by atoms with Gasteiger partial charge in [0.2, 0.25) is 0 Å². The fourth-order valence-corrected chi connectivity index (χ4v) is 2.05. The number of aromatic nitrogens is 1. The van der Waals surface area contributed by atoms with Gasteiger partial charge in [-0.3, -0.25) is 4.98 Å². The normalized spacial score (nSPS) is 18.4. The molecule has 0 aliphatic carbocycles. The first kappa shape index (κ1) is 9.46. The highest BCUT2D eigenvalue weighted by atomic mass is 14.9. The molecule has 1 saturated heterocycles. The summed E-state index contributed by atoms with van der Waals surface area (Å²) in [6, 6.07) is 3.94. The van der Waals surface area contributed by atoms with E-state index in [4.69, 9.17) is 5.73 Å². The zero-order chi connectivity index (χ0) is 9.97. The van der Waals surface area contributed by atoms with Crippen LogP contribution in [0.25, 0.3) is 0 Å². The molecule has 3 heteroatoms. The molecular formula is C11H17N3. The van der Waals surface area contributed by atoms with E-state index in [1.165, 1.54) is 18.5 Å². The van der Waals surface area contributed by atoms with Gasteiger partial charge in [-0.15, -0.1) is 0 Å². The smallest absolute Gasteiger partial charge is 0.0459 e. The summed E-state index contributed by atoms with van der Waals surface area (Å²) < 4.78 is 0. The number of hydrogen-bond donors (Lipinski definition) is 2. The van der Waals surface area contributed by atoms with Crippen LogP contribution in [-0.2, 0) is 0 Å². The van der Waals surface area contributed by atoms with Gasteiger partial charge in [0.1, 0.15) is 0 Å². The van der Waals surface area contributed by atoms with Crippen molar-refractivity contribution in [1.82, 2.24) is 10.3 Å². The minimum Gasteiger partial charge on any atom is -0.399 e. The number of nitrogens with one attached hydrogen (secondary N) is 1. The molecule has 1 aromatic heterocycles. The van der Waals surface area contributed by atoms with Crippen LogP contribution in [0.3, 0.4) is 0 Å². The number of pyridine rings is 1. The molecule has 3 N–H and O–H groups in total. The molecule has 2 heterocycles. The van der Waals surface area contributed by atoms with E-state index in [1.54, 1.807) is 0 Å². The van der Waals surface area contributed by atoms with Crippen LogP contribution < -0.4 is 11.1 Å². The van der Waals surface area contributed by atoms with Crippen LogP contribution in [0.5, 0.6) is 0 Å². The molecule has 0 bridgehead atoms. The lowest BCUT2D eigenvalue weighted by Gasteiger charge is -2.22. The van der Waals surface area contributed by atoms with Crippen LogP contribution in [-0.4, -0.2) is 18.1 Å². The van der Waals surface area contributed by atoms with E-state index in [9.17, 15) is 0 Å². The van der Waals surface area contributed by atoms with Crippen LogP contribution in [0.4, 0.5) is 5.69 Å². The molecule has 1 fully saturated rings. The van der Waals surface area contributed by atoms with Gasteiger partial charge in [-0.05, 0) is 45.0 Å². The number of aryl methyl sites for hydroxylation is 1. The third-order valence-corrected chi connectivity index (χ3v) is 2.75. The van der Waals surface area contributed by atoms with Crippen LogP contribution in [0.2, 0.25) is 0 Å². The van der Waals surface area contributed by atoms with Gasteiger partial charge in [-0.1, -0.05) is 0 Å². The Kier molecular flexibility index (Phi) is 2.68. The summed E-state index contributed by atoms with van der Waals surface area (Å²) in [4.78, 5) is 4.55. The summed E-state index contributed by atoms with van der Waals surface area (Å²) >= 11 is 0. The van der Waals surface area contributed by atoms with Crippen molar-refractivity contribution in [2.75, 3.05) is 18.8 Å². The number of anilines is 1. The molecular weight excluding hydrogens is 174 g/mol. The van der Waals surface area contributed by atoms with Crippen molar-refractivity contribution in [2.45, 2.75) is 25.7 Å². The Morgan fingerprint density at radius 1 is 1.36 bits per heavy atom. The first-order valence-electron chi connectivity index (χ1n) is 5.20. The average molecular weight is 191 g/mol. The summed E-state index contributed by atoms with van der Waals surface area (Å²) in [6.45, 7) is 4.20. The molecule has 1 aliphatic rings. The highest BCUT2D eigenvalue weighted by Gasteiger charge is 2.16. The third-order valence-electron chi connectivity index (χ3n) is 2.75. The Bertz CT molecular complexity index is 296. The van der Waals surface area contributed by atoms with Crippen LogP contribution in [0.1, 0.15) is 30.1 Å². The maximum atomic E-state index is 5.81. The van der Waals surface area contributed by atoms with Crippen LogP contribution in [0.15, 0.2) is 12.1 Å². The number of hydrogen-bond acceptors (Lipinski definition) is 3. The second-order valence-electron chi connectivity index (χ2n) is 3.99. The Balaban J connectivity index is 2.21. The molecule has 0 aromatic carbocycles. The van der Waals surface area contributed by atoms with Gasteiger partial charge < -0.3 is 11.1 Å². The van der Waals surface area contributed by atoms with E-state index in [-0.39, 0.29) is 0 Å². The van der Waals surface area contributed by atoms with Crippen molar-refractivity contribution >= 4 is 5.69 Å². The number of rotatable bonds is 1. The maximum Gasteiger partial charge on any atom is 0.0459 e. The number of piperidine rings is 1. The lowest BCUT2D eigenvalue weighted by molar-refractivity contribution is 0.453. The monoisotopic (exact) mass is 191 g/mol. The molecule has 0 spiro atoms. The SMILES string of the molecule is Cc1cc(N)cc(C2CCNCC2)n1. The van der Waals surface area contributed by atoms with Crippen molar-refractivity contribution < 1.29 is 0 Å². The predicted octanol–water partition coefficient (Wildman–Crippen LogP) is 1.44. The zero-order valence-electron chi connectivity index (χ0n) is 8.59. The van der Waals surface area contributed by atoms with Gasteiger partial charge in [0, 0.05) is 23.0 Å². The molecule has 3 nitrogen and oxygen atoms in total. The number of nitrogens with two attached hydrogens (primary N) is 1. The van der Waals surface area contributed by atoms with E-state index in [2.05, 4.69) is 10.3 Å². The number of nitrogen functional groups attached to an aromatic ring is 1. The molecule has 76 valence electrons. The van der Waals surface area contributed by atoms with Crippen LogP contribution >= 0.6 is 0 Å². The molecule has 0 unspecified atom stereocenters. The van der Waals surface area contributed by atoms with Crippen molar-refractivity contribution in [3.63, 3.8) is 0 Å². The first-order valence-corrected chi connectivity index (χ1v) is 5.20. The maximum absolute atomic E-state index is 5.81. The third kappa shape index (κ3) is 2.04. The van der Waals surface area contributed by atoms with Crippen molar-refractivity contribution in [2.24, 2.45) is 0 Å². The topological polar surface area (TPSA) is 50.9 Å². The van der Waals surface area contributed by atoms with Crippen molar-refractivity contribution in [3.8, 4) is 0 Å². The Hall–Kier alpha value is -1.09. The van der Waals surface area contributed by atoms with E-state index in [0.29, 0.717) is 5.92 Å². The largest absolute Gasteiger partial charge is 0.399 e. The Morgan fingerprint density at radius 2 is 2.07 bits per heavy atom. The Labute approximate surface area is 84.7 Å². The molecule has 1 aromatic rings. The minimum atomic E-state index is 0.596. The van der Waals surface area contributed by atoms with Crippen molar-refractivity contribution in [3.05, 3.63) is 23.5 Å². The van der Waals surface area contributed by atoms with Crippen molar-refractivity contribution in [1.29, 1.82) is 0 Å². The molecule has 14 heavy (non-hydrogen) atoms. The average Bonchev–Trinajstić information content (AvgIpc) is 2.18. The molecule has 0 atom stereocenters. The summed E-state index contributed by atoms with van der Waals surface area (Å²) in [5, 5.41) is 3.35. The molecule has 1 aliphatic heterocycles. The van der Waals surface area contributed by atoms with E-state index in [1.807, 2.05) is 19.1 Å². The highest BCUT2D eigenvalue weighted by Crippen LogP contribution is 2.25. The van der Waals surface area contributed by atoms with E-state index in [0.717, 1.165) is 24.5 Å². The van der Waals surface area contributed by atoms with Gasteiger partial charge in [0.15, 0.2) is 0 Å². The second kappa shape index (κ2) is 3.96. The first-order chi connectivity index (χ1) is 6.75. The van der Waals surface area contributed by atoms with Gasteiger partial charge in [0.25, 0.3) is 0 Å². The summed E-state index contributed by atoms with van der Waals surface area (Å²) in [5.41, 5.74) is 8.85. The predicted molar refractivity (Wildman–Crippen MR) is 58.2 cm³/mol. The van der Waals surface area contributed by atoms with Gasteiger partial charge in [0.05, 0.1) is 0 Å². The fraction of sp³-hybridized carbons (Fsp3) is 0.545. The van der Waals surface area contributed by atoms with Gasteiger partial charge >= 0.3 is 0 Å². The minimum absolute atomic E-state index is 0.596. The Morgan fingerprint density at radius 3 is 2.71 bits per heavy atom. The molecule has 0 saturated carbocycles. The van der Waals surface area contributed by atoms with Gasteiger partial charge in [-0.25, -0.2) is 0 Å². The van der Waals surface area contributed by atoms with Crippen LogP contribution in [0, 0.1) is 6.92 Å². The summed E-state index contributed by atoms with van der Waals surface area (Å²) in [5.74, 6) is 0.596. The zero-order valence-corrected chi connectivity index (χ0v) is 8.59. The summed E-state index contributed by atoms with van der Waals surface area (Å²) in [6.07, 6.45) is 2.35. The lowest BCUT2D eigenvalue weighted by Crippen LogP contribution is -2.27. The lowest BCUT2D eigenvalue weighted by atomic mass is 9.94. The summed E-state index contributed by atoms with van der Waals surface area (Å²) in [7, 11) is 0. The van der Waals surface area contributed by atoms with E-state index < -0.39 is 0 Å². The quantitative estimate of drug-likeness (QED) is 0.706. The molecule has 2 rings (SSSR count). The van der Waals surface area contributed by atoms with Gasteiger partial charge in [-0.2, -0.15) is 0 Å². The van der Waals surface area contributed by atoms with E-state index >= 15 is 0 Å².